The Morgan fingerprint density at radius 1 is 1.20 bits per heavy atom. The highest BCUT2D eigenvalue weighted by molar-refractivity contribution is 5.27. The fraction of sp³-hybridized carbons (Fsp3) is 0.500. The number of fused-ring (bicyclic) bond motifs is 1. The van der Waals surface area contributed by atoms with Crippen LogP contribution in [0.25, 0.3) is 0 Å². The highest BCUT2D eigenvalue weighted by Crippen LogP contribution is 2.50. The second-order valence-electron chi connectivity index (χ2n) is 7.33. The predicted molar refractivity (Wildman–Crippen MR) is 91.2 cm³/mol. The Bertz CT molecular complexity index is 729. The number of aliphatic hydroxyl groups is 1. The molecule has 2 aliphatic rings. The van der Waals surface area contributed by atoms with Crippen molar-refractivity contribution in [1.29, 1.82) is 0 Å². The normalized spacial score (nSPS) is 29.2. The maximum Gasteiger partial charge on any atom is 0.129 e. The van der Waals surface area contributed by atoms with E-state index in [2.05, 4.69) is 4.90 Å². The van der Waals surface area contributed by atoms with Gasteiger partial charge >= 0.3 is 0 Å². The van der Waals surface area contributed by atoms with E-state index in [1.807, 2.05) is 12.1 Å². The van der Waals surface area contributed by atoms with Gasteiger partial charge in [-0.25, -0.2) is 4.39 Å². The van der Waals surface area contributed by atoms with Crippen molar-refractivity contribution in [2.45, 2.75) is 31.6 Å². The number of methoxy groups -OCH3 is 1. The van der Waals surface area contributed by atoms with Crippen molar-refractivity contribution in [2.24, 2.45) is 11.8 Å². The summed E-state index contributed by atoms with van der Waals surface area (Å²) in [6.07, 6.45) is 1.75. The number of ether oxygens (including phenoxy) is 1. The number of likely N-dealkylation sites (tertiary alicyclic amines) is 1. The maximum absolute atomic E-state index is 13.2. The minimum absolute atomic E-state index is 0.186. The van der Waals surface area contributed by atoms with Crippen LogP contribution in [0.15, 0.2) is 40.8 Å². The average Bonchev–Trinajstić information content (AvgIpc) is 3.27. The molecule has 3 atom stereocenters. The van der Waals surface area contributed by atoms with Gasteiger partial charge in [-0.2, -0.15) is 0 Å². The Kier molecular flexibility index (Phi) is 4.40. The highest BCUT2D eigenvalue weighted by Gasteiger charge is 2.52. The Morgan fingerprint density at radius 3 is 2.72 bits per heavy atom. The number of furan rings is 1. The van der Waals surface area contributed by atoms with Gasteiger partial charge in [-0.05, 0) is 48.6 Å². The molecule has 1 N–H and O–H groups in total. The van der Waals surface area contributed by atoms with Gasteiger partial charge in [0.05, 0.1) is 12.1 Å². The molecule has 2 heterocycles. The highest BCUT2D eigenvalue weighted by atomic mass is 19.1. The maximum atomic E-state index is 13.2. The number of benzene rings is 1. The minimum atomic E-state index is -0.850. The van der Waals surface area contributed by atoms with Gasteiger partial charge in [-0.3, -0.25) is 4.90 Å². The molecule has 2 fully saturated rings. The van der Waals surface area contributed by atoms with Crippen molar-refractivity contribution >= 4 is 0 Å². The lowest BCUT2D eigenvalue weighted by molar-refractivity contribution is -0.00713. The standard InChI is InChI=1S/C20H24FNO3/c1-24-13-18-7-6-17(25-18)11-22-10-14-8-9-20(23,19(14)12-22)15-2-4-16(21)5-3-15/h2-7,14,19,23H,8-13H2,1H3. The number of hydrogen-bond donors (Lipinski definition) is 1. The van der Waals surface area contributed by atoms with E-state index in [0.29, 0.717) is 12.5 Å². The van der Waals surface area contributed by atoms with Gasteiger partial charge in [0.1, 0.15) is 23.9 Å². The lowest BCUT2D eigenvalue weighted by atomic mass is 9.82. The largest absolute Gasteiger partial charge is 0.462 e. The molecule has 0 amide bonds. The quantitative estimate of drug-likeness (QED) is 0.903. The van der Waals surface area contributed by atoms with E-state index in [1.54, 1.807) is 19.2 Å². The first-order valence-corrected chi connectivity index (χ1v) is 8.86. The molecule has 4 nitrogen and oxygen atoms in total. The molecule has 25 heavy (non-hydrogen) atoms. The zero-order valence-corrected chi connectivity index (χ0v) is 14.5. The molecule has 5 heteroatoms. The summed E-state index contributed by atoms with van der Waals surface area (Å²) in [6.45, 7) is 3.03. The summed E-state index contributed by atoms with van der Waals surface area (Å²) < 4.78 is 24.1. The molecule has 134 valence electrons. The topological polar surface area (TPSA) is 45.8 Å². The Hall–Kier alpha value is -1.69. The lowest BCUT2D eigenvalue weighted by Gasteiger charge is -2.30. The van der Waals surface area contributed by atoms with Crippen molar-refractivity contribution < 1.29 is 18.7 Å². The van der Waals surface area contributed by atoms with Gasteiger partial charge in [-0.15, -0.1) is 0 Å². The van der Waals surface area contributed by atoms with Crippen LogP contribution in [0.5, 0.6) is 0 Å². The molecule has 0 radical (unpaired) electrons. The molecule has 1 aromatic heterocycles. The van der Waals surface area contributed by atoms with Crippen LogP contribution in [0.4, 0.5) is 4.39 Å². The van der Waals surface area contributed by atoms with Crippen LogP contribution in [0.2, 0.25) is 0 Å². The summed E-state index contributed by atoms with van der Waals surface area (Å²) in [7, 11) is 1.65. The van der Waals surface area contributed by atoms with E-state index in [4.69, 9.17) is 9.15 Å². The molecule has 4 rings (SSSR count). The molecule has 0 spiro atoms. The SMILES string of the molecule is COCc1ccc(CN2CC3CCC(O)(c4ccc(F)cc4)C3C2)o1. The third-order valence-corrected chi connectivity index (χ3v) is 5.75. The summed E-state index contributed by atoms with van der Waals surface area (Å²) in [6, 6.07) is 10.3. The Morgan fingerprint density at radius 2 is 1.96 bits per heavy atom. The molecule has 0 bridgehead atoms. The first-order valence-electron chi connectivity index (χ1n) is 8.86. The van der Waals surface area contributed by atoms with E-state index >= 15 is 0 Å². The smallest absolute Gasteiger partial charge is 0.129 e. The van der Waals surface area contributed by atoms with Crippen LogP contribution >= 0.6 is 0 Å². The number of nitrogens with zero attached hydrogens (tertiary/aromatic N) is 1. The van der Waals surface area contributed by atoms with Crippen LogP contribution in [0, 0.1) is 17.7 Å². The second kappa shape index (κ2) is 6.56. The van der Waals surface area contributed by atoms with Crippen molar-refractivity contribution in [2.75, 3.05) is 20.2 Å². The van der Waals surface area contributed by atoms with Crippen molar-refractivity contribution in [1.82, 2.24) is 4.90 Å². The van der Waals surface area contributed by atoms with E-state index in [1.165, 1.54) is 12.1 Å². The number of rotatable bonds is 5. The molecular weight excluding hydrogens is 321 g/mol. The molecule has 1 aliphatic carbocycles. The van der Waals surface area contributed by atoms with Crippen molar-refractivity contribution in [3.63, 3.8) is 0 Å². The van der Waals surface area contributed by atoms with Crippen LogP contribution in [0.1, 0.15) is 29.9 Å². The molecular formula is C20H24FNO3. The van der Waals surface area contributed by atoms with Gasteiger partial charge < -0.3 is 14.3 Å². The van der Waals surface area contributed by atoms with Crippen LogP contribution in [-0.4, -0.2) is 30.2 Å². The molecule has 1 saturated heterocycles. The van der Waals surface area contributed by atoms with Gasteiger partial charge in [0, 0.05) is 26.1 Å². The van der Waals surface area contributed by atoms with Gasteiger partial charge in [0.25, 0.3) is 0 Å². The zero-order valence-electron chi connectivity index (χ0n) is 14.5. The van der Waals surface area contributed by atoms with Crippen molar-refractivity contribution in [3.05, 3.63) is 59.3 Å². The fourth-order valence-electron chi connectivity index (χ4n) is 4.56. The lowest BCUT2D eigenvalue weighted by Crippen LogP contribution is -2.34. The fourth-order valence-corrected chi connectivity index (χ4v) is 4.56. The average molecular weight is 345 g/mol. The van der Waals surface area contributed by atoms with Crippen LogP contribution in [0.3, 0.4) is 0 Å². The van der Waals surface area contributed by atoms with E-state index < -0.39 is 5.60 Å². The first kappa shape index (κ1) is 16.8. The van der Waals surface area contributed by atoms with Crippen LogP contribution in [-0.2, 0) is 23.5 Å². The third-order valence-electron chi connectivity index (χ3n) is 5.75. The van der Waals surface area contributed by atoms with Gasteiger partial charge in [-0.1, -0.05) is 12.1 Å². The number of halogens is 1. The Balaban J connectivity index is 1.46. The van der Waals surface area contributed by atoms with Crippen molar-refractivity contribution in [3.8, 4) is 0 Å². The van der Waals surface area contributed by atoms with Gasteiger partial charge in [0.15, 0.2) is 0 Å². The number of hydrogen-bond acceptors (Lipinski definition) is 4. The first-order chi connectivity index (χ1) is 12.1. The second-order valence-corrected chi connectivity index (χ2v) is 7.33. The Labute approximate surface area is 147 Å². The molecule has 3 unspecified atom stereocenters. The molecule has 1 aromatic carbocycles. The monoisotopic (exact) mass is 345 g/mol. The summed E-state index contributed by atoms with van der Waals surface area (Å²) in [5.41, 5.74) is -0.0130. The molecule has 2 aromatic rings. The van der Waals surface area contributed by atoms with Gasteiger partial charge in [0.2, 0.25) is 0 Å². The molecule has 1 saturated carbocycles. The third kappa shape index (κ3) is 3.12. The zero-order chi connectivity index (χ0) is 17.4. The van der Waals surface area contributed by atoms with E-state index in [9.17, 15) is 9.50 Å². The van der Waals surface area contributed by atoms with Crippen LogP contribution < -0.4 is 0 Å². The predicted octanol–water partition coefficient (Wildman–Crippen LogP) is 3.29. The van der Waals surface area contributed by atoms with E-state index in [0.717, 1.165) is 49.6 Å². The summed E-state index contributed by atoms with van der Waals surface area (Å²) >= 11 is 0. The summed E-state index contributed by atoms with van der Waals surface area (Å²) in [4.78, 5) is 2.35. The summed E-state index contributed by atoms with van der Waals surface area (Å²) in [5.74, 6) is 2.16. The summed E-state index contributed by atoms with van der Waals surface area (Å²) in [5, 5.41) is 11.3. The minimum Gasteiger partial charge on any atom is -0.462 e. The molecule has 1 aliphatic heterocycles. The van der Waals surface area contributed by atoms with E-state index in [-0.39, 0.29) is 11.7 Å².